The molecule has 0 unspecified atom stereocenters. The first-order valence-electron chi connectivity index (χ1n) is 6.52. The largest absolute Gasteiger partial charge is 0.481 e. The molecule has 0 aliphatic carbocycles. The standard InChI is InChI=1S/C13H26N2O3/c1-6-13(7-2,8-3)15-11(18)14-9-12(4,5)10(16)17/h6-9H2,1-5H3,(H,16,17)(H2,14,15,18). The highest BCUT2D eigenvalue weighted by Crippen LogP contribution is 2.19. The average molecular weight is 258 g/mol. The fraction of sp³-hybridized carbons (Fsp3) is 0.846. The number of hydrogen-bond donors (Lipinski definition) is 3. The average Bonchev–Trinajstić information content (AvgIpc) is 2.33. The van der Waals surface area contributed by atoms with Crippen molar-refractivity contribution >= 4 is 12.0 Å². The smallest absolute Gasteiger partial charge is 0.315 e. The van der Waals surface area contributed by atoms with Crippen molar-refractivity contribution in [1.82, 2.24) is 10.6 Å². The number of carboxylic acid groups (broad SMARTS) is 1. The van der Waals surface area contributed by atoms with E-state index in [1.165, 1.54) is 0 Å². The van der Waals surface area contributed by atoms with E-state index in [1.54, 1.807) is 13.8 Å². The predicted octanol–water partition coefficient (Wildman–Crippen LogP) is 2.37. The van der Waals surface area contributed by atoms with E-state index in [0.717, 1.165) is 19.3 Å². The van der Waals surface area contributed by atoms with Gasteiger partial charge < -0.3 is 15.7 Å². The summed E-state index contributed by atoms with van der Waals surface area (Å²) in [5, 5.41) is 14.5. The molecule has 5 heteroatoms. The Balaban J connectivity index is 4.40. The van der Waals surface area contributed by atoms with Crippen LogP contribution in [0.2, 0.25) is 0 Å². The van der Waals surface area contributed by atoms with Gasteiger partial charge in [0.1, 0.15) is 0 Å². The molecule has 0 fully saturated rings. The van der Waals surface area contributed by atoms with Crippen molar-refractivity contribution in [3.05, 3.63) is 0 Å². The molecule has 0 aromatic carbocycles. The number of rotatable bonds is 7. The monoisotopic (exact) mass is 258 g/mol. The highest BCUT2D eigenvalue weighted by atomic mass is 16.4. The quantitative estimate of drug-likeness (QED) is 0.656. The molecular formula is C13H26N2O3. The van der Waals surface area contributed by atoms with Crippen molar-refractivity contribution in [2.75, 3.05) is 6.54 Å². The van der Waals surface area contributed by atoms with Gasteiger partial charge in [-0.3, -0.25) is 4.79 Å². The summed E-state index contributed by atoms with van der Waals surface area (Å²) in [6.45, 7) is 9.39. The third kappa shape index (κ3) is 4.55. The Hall–Kier alpha value is -1.26. The Morgan fingerprint density at radius 3 is 1.83 bits per heavy atom. The highest BCUT2D eigenvalue weighted by molar-refractivity contribution is 5.77. The van der Waals surface area contributed by atoms with Crippen molar-refractivity contribution in [3.63, 3.8) is 0 Å². The summed E-state index contributed by atoms with van der Waals surface area (Å²) in [7, 11) is 0. The predicted molar refractivity (Wildman–Crippen MR) is 71.6 cm³/mol. The molecule has 0 rings (SSSR count). The molecule has 0 saturated carbocycles. The van der Waals surface area contributed by atoms with Gasteiger partial charge >= 0.3 is 12.0 Å². The van der Waals surface area contributed by atoms with E-state index in [1.807, 2.05) is 20.8 Å². The van der Waals surface area contributed by atoms with Gasteiger partial charge in [0.15, 0.2) is 0 Å². The van der Waals surface area contributed by atoms with E-state index >= 15 is 0 Å². The van der Waals surface area contributed by atoms with Gasteiger partial charge in [-0.15, -0.1) is 0 Å². The topological polar surface area (TPSA) is 78.4 Å². The van der Waals surface area contributed by atoms with Crippen LogP contribution >= 0.6 is 0 Å². The summed E-state index contributed by atoms with van der Waals surface area (Å²) in [5.41, 5.74) is -1.15. The first kappa shape index (κ1) is 16.7. The van der Waals surface area contributed by atoms with Gasteiger partial charge in [0.25, 0.3) is 0 Å². The van der Waals surface area contributed by atoms with Crippen LogP contribution in [0.25, 0.3) is 0 Å². The fourth-order valence-corrected chi connectivity index (χ4v) is 1.68. The van der Waals surface area contributed by atoms with Crippen LogP contribution in [-0.4, -0.2) is 29.2 Å². The van der Waals surface area contributed by atoms with Crippen LogP contribution in [0, 0.1) is 5.41 Å². The third-order valence-electron chi connectivity index (χ3n) is 3.68. The first-order valence-corrected chi connectivity index (χ1v) is 6.52. The van der Waals surface area contributed by atoms with Gasteiger partial charge in [-0.25, -0.2) is 4.79 Å². The summed E-state index contributed by atoms with van der Waals surface area (Å²) in [6, 6.07) is -0.296. The van der Waals surface area contributed by atoms with E-state index in [9.17, 15) is 9.59 Å². The Morgan fingerprint density at radius 1 is 1.06 bits per heavy atom. The van der Waals surface area contributed by atoms with Gasteiger partial charge in [-0.05, 0) is 33.1 Å². The number of aliphatic carboxylic acids is 1. The van der Waals surface area contributed by atoms with Crippen LogP contribution in [0.5, 0.6) is 0 Å². The molecule has 0 aromatic rings. The van der Waals surface area contributed by atoms with E-state index in [0.29, 0.717) is 0 Å². The molecule has 0 heterocycles. The maximum absolute atomic E-state index is 11.8. The number of nitrogens with one attached hydrogen (secondary N) is 2. The van der Waals surface area contributed by atoms with E-state index < -0.39 is 11.4 Å². The van der Waals surface area contributed by atoms with Crippen LogP contribution in [0.4, 0.5) is 4.79 Å². The zero-order chi connectivity index (χ0) is 14.4. The highest BCUT2D eigenvalue weighted by Gasteiger charge is 2.29. The normalized spacial score (nSPS) is 12.1. The molecular weight excluding hydrogens is 232 g/mol. The summed E-state index contributed by atoms with van der Waals surface area (Å²) in [5.74, 6) is -0.921. The molecule has 2 amide bonds. The Kier molecular flexibility index (Phi) is 6.15. The van der Waals surface area contributed by atoms with E-state index in [4.69, 9.17) is 5.11 Å². The van der Waals surface area contributed by atoms with Gasteiger partial charge in [0.2, 0.25) is 0 Å². The lowest BCUT2D eigenvalue weighted by molar-refractivity contribution is -0.146. The second-order valence-electron chi connectivity index (χ2n) is 5.34. The van der Waals surface area contributed by atoms with Crippen LogP contribution in [0.15, 0.2) is 0 Å². The molecule has 0 radical (unpaired) electrons. The summed E-state index contributed by atoms with van der Waals surface area (Å²) >= 11 is 0. The molecule has 0 bridgehead atoms. The maximum atomic E-state index is 11.8. The molecule has 0 aliphatic rings. The molecule has 0 spiro atoms. The lowest BCUT2D eigenvalue weighted by atomic mass is 9.90. The van der Waals surface area contributed by atoms with Gasteiger partial charge in [-0.1, -0.05) is 20.8 Å². The minimum absolute atomic E-state index is 0.112. The second-order valence-corrected chi connectivity index (χ2v) is 5.34. The second kappa shape index (κ2) is 6.61. The summed E-state index contributed by atoms with van der Waals surface area (Å²) in [4.78, 5) is 22.7. The van der Waals surface area contributed by atoms with Crippen LogP contribution < -0.4 is 10.6 Å². The minimum atomic E-state index is -0.954. The number of amides is 2. The van der Waals surface area contributed by atoms with Crippen molar-refractivity contribution < 1.29 is 14.7 Å². The third-order valence-corrected chi connectivity index (χ3v) is 3.68. The summed E-state index contributed by atoms with van der Waals surface area (Å²) < 4.78 is 0. The summed E-state index contributed by atoms with van der Waals surface area (Å²) in [6.07, 6.45) is 2.57. The Bertz CT molecular complexity index is 288. The molecule has 0 atom stereocenters. The Labute approximate surface area is 109 Å². The van der Waals surface area contributed by atoms with Crippen LogP contribution in [-0.2, 0) is 4.79 Å². The van der Waals surface area contributed by atoms with Crippen molar-refractivity contribution in [2.45, 2.75) is 59.4 Å². The molecule has 3 N–H and O–H groups in total. The van der Waals surface area contributed by atoms with Crippen molar-refractivity contribution in [3.8, 4) is 0 Å². The first-order chi connectivity index (χ1) is 8.23. The van der Waals surface area contributed by atoms with Crippen molar-refractivity contribution in [2.24, 2.45) is 5.41 Å². The van der Waals surface area contributed by atoms with Gasteiger partial charge in [0, 0.05) is 12.1 Å². The zero-order valence-corrected chi connectivity index (χ0v) is 12.1. The number of carboxylic acids is 1. The van der Waals surface area contributed by atoms with Crippen molar-refractivity contribution in [1.29, 1.82) is 0 Å². The number of carbonyl (C=O) groups is 2. The lowest BCUT2D eigenvalue weighted by Crippen LogP contribution is -2.53. The minimum Gasteiger partial charge on any atom is -0.481 e. The molecule has 0 aliphatic heterocycles. The molecule has 106 valence electrons. The number of urea groups is 1. The molecule has 0 aromatic heterocycles. The molecule has 0 saturated heterocycles. The van der Waals surface area contributed by atoms with Crippen LogP contribution in [0.3, 0.4) is 0 Å². The molecule has 18 heavy (non-hydrogen) atoms. The van der Waals surface area contributed by atoms with E-state index in [-0.39, 0.29) is 18.1 Å². The van der Waals surface area contributed by atoms with E-state index in [2.05, 4.69) is 10.6 Å². The number of carbonyl (C=O) groups excluding carboxylic acids is 1. The Morgan fingerprint density at radius 2 is 1.50 bits per heavy atom. The van der Waals surface area contributed by atoms with Crippen LogP contribution in [0.1, 0.15) is 53.9 Å². The maximum Gasteiger partial charge on any atom is 0.315 e. The van der Waals surface area contributed by atoms with Gasteiger partial charge in [-0.2, -0.15) is 0 Å². The number of hydrogen-bond acceptors (Lipinski definition) is 2. The zero-order valence-electron chi connectivity index (χ0n) is 12.1. The van der Waals surface area contributed by atoms with Gasteiger partial charge in [0.05, 0.1) is 5.41 Å². The fourth-order valence-electron chi connectivity index (χ4n) is 1.68. The lowest BCUT2D eigenvalue weighted by Gasteiger charge is -2.32. The molecule has 5 nitrogen and oxygen atoms in total. The SMILES string of the molecule is CCC(CC)(CC)NC(=O)NCC(C)(C)C(=O)O.